The Labute approximate surface area is 143 Å². The minimum atomic E-state index is -0.383. The van der Waals surface area contributed by atoms with Gasteiger partial charge >= 0.3 is 5.69 Å². The van der Waals surface area contributed by atoms with Gasteiger partial charge in [0.05, 0.1) is 16.6 Å². The second kappa shape index (κ2) is 6.36. The van der Waals surface area contributed by atoms with E-state index in [1.54, 1.807) is 12.3 Å². The van der Waals surface area contributed by atoms with Crippen LogP contribution >= 0.6 is 0 Å². The molecule has 9 heteroatoms. The summed E-state index contributed by atoms with van der Waals surface area (Å²) in [5.41, 5.74) is 1.82. The molecule has 1 aliphatic rings. The zero-order valence-electron chi connectivity index (χ0n) is 13.4. The number of aromatic amines is 1. The van der Waals surface area contributed by atoms with Gasteiger partial charge < -0.3 is 15.5 Å². The Kier molecular flexibility index (Phi) is 3.90. The van der Waals surface area contributed by atoms with Crippen LogP contribution in [0.5, 0.6) is 0 Å². The summed E-state index contributed by atoms with van der Waals surface area (Å²) in [6.45, 7) is 2.96. The predicted molar refractivity (Wildman–Crippen MR) is 95.4 cm³/mol. The van der Waals surface area contributed by atoms with Crippen molar-refractivity contribution in [2.24, 2.45) is 0 Å². The van der Waals surface area contributed by atoms with Gasteiger partial charge in [0.15, 0.2) is 0 Å². The van der Waals surface area contributed by atoms with E-state index < -0.39 is 0 Å². The molecule has 1 fully saturated rings. The van der Waals surface area contributed by atoms with E-state index in [0.717, 1.165) is 29.7 Å². The van der Waals surface area contributed by atoms with E-state index in [1.165, 1.54) is 6.07 Å². The number of hydrogen-bond acceptors (Lipinski definition) is 7. The second-order valence-corrected chi connectivity index (χ2v) is 5.83. The van der Waals surface area contributed by atoms with Crippen LogP contribution in [-0.4, -0.2) is 46.3 Å². The highest BCUT2D eigenvalue weighted by Gasteiger charge is 2.23. The molecule has 3 aromatic rings. The lowest BCUT2D eigenvalue weighted by atomic mass is 10.2. The van der Waals surface area contributed by atoms with Crippen molar-refractivity contribution < 1.29 is 4.92 Å². The molecular weight excluding hydrogens is 322 g/mol. The van der Waals surface area contributed by atoms with E-state index in [2.05, 4.69) is 25.8 Å². The molecule has 25 heavy (non-hydrogen) atoms. The summed E-state index contributed by atoms with van der Waals surface area (Å²) in [4.78, 5) is 17.4. The lowest BCUT2D eigenvalue weighted by molar-refractivity contribution is -0.384. The number of nitrogens with one attached hydrogen (secondary N) is 3. The Morgan fingerprint density at radius 1 is 1.20 bits per heavy atom. The van der Waals surface area contributed by atoms with Crippen LogP contribution < -0.4 is 15.5 Å². The third-order valence-electron chi connectivity index (χ3n) is 4.18. The fraction of sp³-hybridized carbons (Fsp3) is 0.250. The summed E-state index contributed by atoms with van der Waals surface area (Å²) in [5, 5.41) is 25.7. The van der Waals surface area contributed by atoms with Crippen LogP contribution in [0.3, 0.4) is 0 Å². The summed E-state index contributed by atoms with van der Waals surface area (Å²) in [5.74, 6) is 0.975. The average Bonchev–Trinajstić information content (AvgIpc) is 3.10. The third kappa shape index (κ3) is 3.09. The largest absolute Gasteiger partial charge is 0.348 e. The van der Waals surface area contributed by atoms with Crippen LogP contribution in [0.15, 0.2) is 36.5 Å². The van der Waals surface area contributed by atoms with Crippen molar-refractivity contribution in [3.63, 3.8) is 0 Å². The molecule has 0 amide bonds. The van der Waals surface area contributed by atoms with Crippen LogP contribution in [0.1, 0.15) is 0 Å². The lowest BCUT2D eigenvalue weighted by Crippen LogP contribution is -2.44. The molecule has 0 spiro atoms. The maximum absolute atomic E-state index is 11.3. The fourth-order valence-corrected chi connectivity index (χ4v) is 2.93. The lowest BCUT2D eigenvalue weighted by Gasteiger charge is -2.28. The van der Waals surface area contributed by atoms with Gasteiger partial charge in [-0.3, -0.25) is 15.2 Å². The van der Waals surface area contributed by atoms with Crippen LogP contribution in [0.4, 0.5) is 23.0 Å². The Bertz CT molecular complexity index is 918. The molecule has 9 nitrogen and oxygen atoms in total. The molecule has 3 heterocycles. The van der Waals surface area contributed by atoms with E-state index >= 15 is 0 Å². The highest BCUT2D eigenvalue weighted by Crippen LogP contribution is 2.29. The third-order valence-corrected chi connectivity index (χ3v) is 4.18. The summed E-state index contributed by atoms with van der Waals surface area (Å²) < 4.78 is 0. The van der Waals surface area contributed by atoms with Crippen LogP contribution in [0.25, 0.3) is 10.9 Å². The molecule has 1 saturated heterocycles. The molecular formula is C16H17N7O2. The Morgan fingerprint density at radius 3 is 2.84 bits per heavy atom. The summed E-state index contributed by atoms with van der Waals surface area (Å²) in [6.07, 6.45) is 1.75. The monoisotopic (exact) mass is 339 g/mol. The normalized spacial score (nSPS) is 14.6. The molecule has 0 unspecified atom stereocenters. The maximum Gasteiger partial charge on any atom is 0.311 e. The molecule has 0 radical (unpaired) electrons. The number of aromatic nitrogens is 3. The first-order valence-electron chi connectivity index (χ1n) is 8.02. The van der Waals surface area contributed by atoms with Crippen LogP contribution in [0.2, 0.25) is 0 Å². The molecule has 0 saturated carbocycles. The quantitative estimate of drug-likeness (QED) is 0.492. The Hall–Kier alpha value is -3.20. The van der Waals surface area contributed by atoms with Gasteiger partial charge in [-0.1, -0.05) is 0 Å². The number of fused-ring (bicyclic) bond motifs is 1. The van der Waals surface area contributed by atoms with Crippen molar-refractivity contribution in [3.05, 3.63) is 46.6 Å². The van der Waals surface area contributed by atoms with Crippen molar-refractivity contribution >= 4 is 33.9 Å². The number of H-pyrrole nitrogens is 1. The highest BCUT2D eigenvalue weighted by molar-refractivity contribution is 5.82. The van der Waals surface area contributed by atoms with E-state index in [1.807, 2.05) is 23.1 Å². The molecule has 1 aliphatic heterocycles. The standard InChI is InChI=1S/C16H17N7O2/c24-23(25)14-3-4-15(20-16(14)22-7-5-17-6-8-22)19-12-1-2-13-11(9-12)10-18-21-13/h1-4,9-10,17H,5-8H2,(H,18,21)(H,19,20). The maximum atomic E-state index is 11.3. The molecule has 4 rings (SSSR count). The van der Waals surface area contributed by atoms with Gasteiger partial charge in [-0.25, -0.2) is 4.98 Å². The molecule has 3 N–H and O–H groups in total. The molecule has 0 atom stereocenters. The van der Waals surface area contributed by atoms with E-state index in [9.17, 15) is 10.1 Å². The number of hydrogen-bond donors (Lipinski definition) is 3. The van der Waals surface area contributed by atoms with Crippen molar-refractivity contribution in [3.8, 4) is 0 Å². The van der Waals surface area contributed by atoms with Crippen molar-refractivity contribution in [2.75, 3.05) is 36.4 Å². The second-order valence-electron chi connectivity index (χ2n) is 5.83. The SMILES string of the molecule is O=[N+]([O-])c1ccc(Nc2ccc3[nH]ncc3c2)nc1N1CCNCC1. The zero-order valence-corrected chi connectivity index (χ0v) is 13.4. The van der Waals surface area contributed by atoms with Gasteiger partial charge in [-0.15, -0.1) is 0 Å². The van der Waals surface area contributed by atoms with Gasteiger partial charge in [-0.2, -0.15) is 5.10 Å². The van der Waals surface area contributed by atoms with E-state index in [-0.39, 0.29) is 10.6 Å². The number of nitrogens with zero attached hydrogens (tertiary/aromatic N) is 4. The molecule has 128 valence electrons. The number of rotatable bonds is 4. The van der Waals surface area contributed by atoms with Gasteiger partial charge in [0.25, 0.3) is 0 Å². The average molecular weight is 339 g/mol. The highest BCUT2D eigenvalue weighted by atomic mass is 16.6. The van der Waals surface area contributed by atoms with Gasteiger partial charge in [0.2, 0.25) is 5.82 Å². The first-order chi connectivity index (χ1) is 12.2. The van der Waals surface area contributed by atoms with Gasteiger partial charge in [0, 0.05) is 43.3 Å². The van der Waals surface area contributed by atoms with Crippen molar-refractivity contribution in [1.29, 1.82) is 0 Å². The van der Waals surface area contributed by atoms with Crippen LogP contribution in [-0.2, 0) is 0 Å². The van der Waals surface area contributed by atoms with Gasteiger partial charge in [-0.05, 0) is 24.3 Å². The summed E-state index contributed by atoms with van der Waals surface area (Å²) >= 11 is 0. The van der Waals surface area contributed by atoms with Crippen molar-refractivity contribution in [1.82, 2.24) is 20.5 Å². The number of anilines is 3. The summed E-state index contributed by atoms with van der Waals surface area (Å²) in [6, 6.07) is 8.92. The molecule has 0 bridgehead atoms. The topological polar surface area (TPSA) is 112 Å². The smallest absolute Gasteiger partial charge is 0.311 e. The minimum absolute atomic E-state index is 0.0257. The number of pyridine rings is 1. The minimum Gasteiger partial charge on any atom is -0.348 e. The van der Waals surface area contributed by atoms with Gasteiger partial charge in [0.1, 0.15) is 5.82 Å². The Balaban J connectivity index is 1.65. The number of benzene rings is 1. The number of nitro groups is 1. The van der Waals surface area contributed by atoms with Crippen LogP contribution in [0, 0.1) is 10.1 Å². The number of piperazine rings is 1. The van der Waals surface area contributed by atoms with E-state index in [4.69, 9.17) is 0 Å². The van der Waals surface area contributed by atoms with Crippen molar-refractivity contribution in [2.45, 2.75) is 0 Å². The first-order valence-corrected chi connectivity index (χ1v) is 8.02. The summed E-state index contributed by atoms with van der Waals surface area (Å²) in [7, 11) is 0. The predicted octanol–water partition coefficient (Wildman–Crippen LogP) is 2.02. The zero-order chi connectivity index (χ0) is 17.2. The fourth-order valence-electron chi connectivity index (χ4n) is 2.93. The first kappa shape index (κ1) is 15.3. The van der Waals surface area contributed by atoms with E-state index in [0.29, 0.717) is 24.7 Å². The Morgan fingerprint density at radius 2 is 2.04 bits per heavy atom. The molecule has 0 aliphatic carbocycles. The molecule has 1 aromatic carbocycles. The molecule has 2 aromatic heterocycles.